The van der Waals surface area contributed by atoms with Gasteiger partial charge in [-0.1, -0.05) is 0 Å². The van der Waals surface area contributed by atoms with Crippen molar-refractivity contribution in [1.82, 2.24) is 15.3 Å². The first-order valence-electron chi connectivity index (χ1n) is 7.19. The van der Waals surface area contributed by atoms with E-state index in [1.165, 1.54) is 0 Å². The molecule has 7 nitrogen and oxygen atoms in total. The summed E-state index contributed by atoms with van der Waals surface area (Å²) in [5, 5.41) is 2.78. The van der Waals surface area contributed by atoms with Crippen LogP contribution in [0.3, 0.4) is 0 Å². The fourth-order valence-electron chi connectivity index (χ4n) is 2.36. The van der Waals surface area contributed by atoms with E-state index in [2.05, 4.69) is 15.3 Å². The van der Waals surface area contributed by atoms with Crippen LogP contribution >= 0.6 is 0 Å². The highest BCUT2D eigenvalue weighted by atomic mass is 16.5. The average molecular weight is 292 g/mol. The summed E-state index contributed by atoms with van der Waals surface area (Å²) in [7, 11) is 0. The third-order valence-electron chi connectivity index (χ3n) is 3.30. The van der Waals surface area contributed by atoms with Gasteiger partial charge in [0.25, 0.3) is 0 Å². The van der Waals surface area contributed by atoms with Crippen molar-refractivity contribution in [3.63, 3.8) is 0 Å². The Morgan fingerprint density at radius 2 is 2.19 bits per heavy atom. The minimum absolute atomic E-state index is 0.0933. The van der Waals surface area contributed by atoms with E-state index in [0.717, 1.165) is 19.4 Å². The number of amides is 1. The molecule has 1 amide bonds. The molecule has 1 atom stereocenters. The molecule has 1 saturated heterocycles. The van der Waals surface area contributed by atoms with Gasteiger partial charge in [0.15, 0.2) is 0 Å². The van der Waals surface area contributed by atoms with Crippen molar-refractivity contribution in [2.24, 2.45) is 0 Å². The van der Waals surface area contributed by atoms with Crippen molar-refractivity contribution >= 4 is 17.8 Å². The quantitative estimate of drug-likeness (QED) is 0.769. The lowest BCUT2D eigenvalue weighted by molar-refractivity contribution is -0.143. The van der Waals surface area contributed by atoms with E-state index in [0.29, 0.717) is 12.6 Å². The number of hydrogen-bond donors (Lipinski definition) is 1. The lowest BCUT2D eigenvalue weighted by Crippen LogP contribution is -2.44. The van der Waals surface area contributed by atoms with Gasteiger partial charge in [-0.3, -0.25) is 9.59 Å². The molecular formula is C14H20N4O3. The van der Waals surface area contributed by atoms with Gasteiger partial charge in [-0.05, 0) is 25.8 Å². The van der Waals surface area contributed by atoms with E-state index in [-0.39, 0.29) is 30.9 Å². The highest BCUT2D eigenvalue weighted by Gasteiger charge is 2.32. The zero-order valence-electron chi connectivity index (χ0n) is 12.1. The standard InChI is InChI=1S/C14H20N4O3/c1-2-21-12(19)6-9-15-13(20)11-5-3-10-18(11)14-16-7-4-8-17-14/h4,7-8,11H,2-3,5-6,9-10H2,1H3,(H,15,20). The molecular weight excluding hydrogens is 272 g/mol. The number of aromatic nitrogens is 2. The molecule has 114 valence electrons. The first-order valence-corrected chi connectivity index (χ1v) is 7.19. The molecule has 1 aromatic rings. The van der Waals surface area contributed by atoms with E-state index >= 15 is 0 Å². The molecule has 1 aliphatic heterocycles. The lowest BCUT2D eigenvalue weighted by Gasteiger charge is -2.23. The maximum absolute atomic E-state index is 12.2. The molecule has 1 unspecified atom stereocenters. The monoisotopic (exact) mass is 292 g/mol. The summed E-state index contributed by atoms with van der Waals surface area (Å²) in [5.74, 6) is 0.178. The molecule has 7 heteroatoms. The fourth-order valence-corrected chi connectivity index (χ4v) is 2.36. The third kappa shape index (κ3) is 4.14. The zero-order chi connectivity index (χ0) is 15.1. The van der Waals surface area contributed by atoms with Crippen LogP contribution in [0.5, 0.6) is 0 Å². The summed E-state index contributed by atoms with van der Waals surface area (Å²) in [6, 6.07) is 1.48. The van der Waals surface area contributed by atoms with E-state index in [9.17, 15) is 9.59 Å². The smallest absolute Gasteiger partial charge is 0.307 e. The Hall–Kier alpha value is -2.18. The molecule has 2 rings (SSSR count). The first-order chi connectivity index (χ1) is 10.2. The maximum Gasteiger partial charge on any atom is 0.307 e. The summed E-state index contributed by atoms with van der Waals surface area (Å²) in [6.07, 6.45) is 5.21. The summed E-state index contributed by atoms with van der Waals surface area (Å²) < 4.78 is 4.82. The number of carbonyl (C=O) groups is 2. The van der Waals surface area contributed by atoms with Crippen molar-refractivity contribution in [2.45, 2.75) is 32.2 Å². The fraction of sp³-hybridized carbons (Fsp3) is 0.571. The Bertz CT molecular complexity index is 480. The number of carbonyl (C=O) groups excluding carboxylic acids is 2. The molecule has 0 radical (unpaired) electrons. The number of ether oxygens (including phenoxy) is 1. The van der Waals surface area contributed by atoms with Crippen LogP contribution in [0.4, 0.5) is 5.95 Å². The van der Waals surface area contributed by atoms with Crippen LogP contribution in [0.1, 0.15) is 26.2 Å². The second kappa shape index (κ2) is 7.56. The Morgan fingerprint density at radius 3 is 2.90 bits per heavy atom. The largest absolute Gasteiger partial charge is 0.466 e. The highest BCUT2D eigenvalue weighted by Crippen LogP contribution is 2.21. The van der Waals surface area contributed by atoms with Crippen LogP contribution in [0.2, 0.25) is 0 Å². The van der Waals surface area contributed by atoms with Crippen molar-refractivity contribution in [2.75, 3.05) is 24.6 Å². The van der Waals surface area contributed by atoms with Gasteiger partial charge in [-0.25, -0.2) is 9.97 Å². The number of rotatable bonds is 6. The van der Waals surface area contributed by atoms with Gasteiger partial charge < -0.3 is 15.0 Å². The lowest BCUT2D eigenvalue weighted by atomic mass is 10.2. The minimum Gasteiger partial charge on any atom is -0.466 e. The van der Waals surface area contributed by atoms with Gasteiger partial charge >= 0.3 is 5.97 Å². The SMILES string of the molecule is CCOC(=O)CCNC(=O)C1CCCN1c1ncccn1. The van der Waals surface area contributed by atoms with E-state index in [1.807, 2.05) is 4.90 Å². The second-order valence-corrected chi connectivity index (χ2v) is 4.75. The number of hydrogen-bond acceptors (Lipinski definition) is 6. The molecule has 0 saturated carbocycles. The number of anilines is 1. The summed E-state index contributed by atoms with van der Waals surface area (Å²) in [6.45, 7) is 3.17. The molecule has 0 aliphatic carbocycles. The van der Waals surface area contributed by atoms with Crippen molar-refractivity contribution in [3.05, 3.63) is 18.5 Å². The molecule has 1 aromatic heterocycles. The van der Waals surface area contributed by atoms with Crippen molar-refractivity contribution in [3.8, 4) is 0 Å². The first kappa shape index (κ1) is 15.2. The van der Waals surface area contributed by atoms with Crippen LogP contribution in [0.25, 0.3) is 0 Å². The normalized spacial score (nSPS) is 17.6. The van der Waals surface area contributed by atoms with Gasteiger partial charge in [0.05, 0.1) is 13.0 Å². The van der Waals surface area contributed by atoms with E-state index < -0.39 is 0 Å². The Labute approximate surface area is 123 Å². The second-order valence-electron chi connectivity index (χ2n) is 4.75. The van der Waals surface area contributed by atoms with E-state index in [4.69, 9.17) is 4.74 Å². The molecule has 1 aliphatic rings. The van der Waals surface area contributed by atoms with Crippen molar-refractivity contribution in [1.29, 1.82) is 0 Å². The van der Waals surface area contributed by atoms with Gasteiger partial charge in [0.1, 0.15) is 6.04 Å². The summed E-state index contributed by atoms with van der Waals surface area (Å²) >= 11 is 0. The van der Waals surface area contributed by atoms with Crippen LogP contribution in [0, 0.1) is 0 Å². The molecule has 0 spiro atoms. The molecule has 0 bridgehead atoms. The Balaban J connectivity index is 1.85. The maximum atomic E-state index is 12.2. The minimum atomic E-state index is -0.299. The van der Waals surface area contributed by atoms with Crippen LogP contribution in [0.15, 0.2) is 18.5 Å². The van der Waals surface area contributed by atoms with Gasteiger partial charge in [0.2, 0.25) is 11.9 Å². The predicted molar refractivity (Wildman–Crippen MR) is 76.7 cm³/mol. The highest BCUT2D eigenvalue weighted by molar-refractivity contribution is 5.85. The zero-order valence-corrected chi connectivity index (χ0v) is 12.1. The number of nitrogens with zero attached hydrogens (tertiary/aromatic N) is 3. The molecule has 2 heterocycles. The topological polar surface area (TPSA) is 84.4 Å². The van der Waals surface area contributed by atoms with Gasteiger partial charge in [-0.15, -0.1) is 0 Å². The van der Waals surface area contributed by atoms with Crippen molar-refractivity contribution < 1.29 is 14.3 Å². The number of nitrogens with one attached hydrogen (secondary N) is 1. The molecule has 1 N–H and O–H groups in total. The average Bonchev–Trinajstić information content (AvgIpc) is 2.98. The Kier molecular flexibility index (Phi) is 5.48. The van der Waals surface area contributed by atoms with E-state index in [1.54, 1.807) is 25.4 Å². The molecule has 21 heavy (non-hydrogen) atoms. The predicted octanol–water partition coefficient (Wildman–Crippen LogP) is 0.515. The van der Waals surface area contributed by atoms with Gasteiger partial charge in [0, 0.05) is 25.5 Å². The van der Waals surface area contributed by atoms with Gasteiger partial charge in [-0.2, -0.15) is 0 Å². The number of esters is 1. The third-order valence-corrected chi connectivity index (χ3v) is 3.30. The van der Waals surface area contributed by atoms with Crippen LogP contribution in [-0.4, -0.2) is 47.6 Å². The van der Waals surface area contributed by atoms with Crippen LogP contribution < -0.4 is 10.2 Å². The summed E-state index contributed by atoms with van der Waals surface area (Å²) in [5.41, 5.74) is 0. The summed E-state index contributed by atoms with van der Waals surface area (Å²) in [4.78, 5) is 33.7. The van der Waals surface area contributed by atoms with Crippen LogP contribution in [-0.2, 0) is 14.3 Å². The molecule has 1 fully saturated rings. The Morgan fingerprint density at radius 1 is 1.43 bits per heavy atom. The molecule has 0 aromatic carbocycles.